The number of nitrogens with zero attached hydrogens (tertiary/aromatic N) is 1. The number of benzene rings is 1. The second-order valence-corrected chi connectivity index (χ2v) is 5.43. The van der Waals surface area contributed by atoms with Gasteiger partial charge in [-0.05, 0) is 37.5 Å². The van der Waals surface area contributed by atoms with Crippen LogP contribution in [0.3, 0.4) is 0 Å². The fourth-order valence-electron chi connectivity index (χ4n) is 2.54. The van der Waals surface area contributed by atoms with E-state index in [1.54, 1.807) is 13.0 Å². The first-order valence-electron chi connectivity index (χ1n) is 9.54. The van der Waals surface area contributed by atoms with Crippen LogP contribution < -0.4 is 11.1 Å². The topological polar surface area (TPSA) is 67.5 Å². The molecular weight excluding hydrogens is 386 g/mol. The molecule has 1 amide bonds. The summed E-state index contributed by atoms with van der Waals surface area (Å²) in [6.45, 7) is 12.5. The van der Waals surface area contributed by atoms with Gasteiger partial charge in [-0.15, -0.1) is 0 Å². The van der Waals surface area contributed by atoms with Crippen LogP contribution in [-0.4, -0.2) is 24.8 Å². The Hall–Kier alpha value is -2.22. The van der Waals surface area contributed by atoms with E-state index in [0.717, 1.165) is 13.1 Å². The highest BCUT2D eigenvalue weighted by Gasteiger charge is 2.39. The zero-order valence-electron chi connectivity index (χ0n) is 18.5. The van der Waals surface area contributed by atoms with E-state index in [0.29, 0.717) is 22.3 Å². The molecule has 8 heteroatoms. The molecule has 1 aromatic rings. The molecule has 1 rings (SSSR count). The summed E-state index contributed by atoms with van der Waals surface area (Å²) in [5, 5.41) is 2.40. The predicted molar refractivity (Wildman–Crippen MR) is 111 cm³/mol. The van der Waals surface area contributed by atoms with Gasteiger partial charge in [-0.2, -0.15) is 13.2 Å². The van der Waals surface area contributed by atoms with Crippen molar-refractivity contribution in [3.8, 4) is 0 Å². The molecule has 0 atom stereocenters. The van der Waals surface area contributed by atoms with Gasteiger partial charge in [0.2, 0.25) is 0 Å². The SMILES string of the molecule is C/C=C(/C(=O)NCc1c(C)cc(CN)c(F)c1C)C(=NC)C(F)(F)F.CC.CC. The van der Waals surface area contributed by atoms with Crippen molar-refractivity contribution in [3.63, 3.8) is 0 Å². The van der Waals surface area contributed by atoms with Crippen molar-refractivity contribution < 1.29 is 22.4 Å². The third kappa shape index (κ3) is 7.97. The molecule has 0 aliphatic heterocycles. The molecule has 0 saturated heterocycles. The molecule has 0 radical (unpaired) electrons. The van der Waals surface area contributed by atoms with Crippen molar-refractivity contribution >= 4 is 11.6 Å². The number of amides is 1. The Bertz CT molecular complexity index is 724. The average molecular weight is 420 g/mol. The molecule has 0 spiro atoms. The molecule has 29 heavy (non-hydrogen) atoms. The number of aliphatic imine (C=N–C) groups is 1. The van der Waals surface area contributed by atoms with E-state index in [1.807, 2.05) is 27.7 Å². The number of nitrogens with one attached hydrogen (secondary N) is 1. The van der Waals surface area contributed by atoms with Gasteiger partial charge in [0.15, 0.2) is 5.71 Å². The lowest BCUT2D eigenvalue weighted by atomic mass is 9.98. The lowest BCUT2D eigenvalue weighted by Crippen LogP contribution is -2.35. The number of hydrogen-bond donors (Lipinski definition) is 2. The van der Waals surface area contributed by atoms with Gasteiger partial charge in [-0.3, -0.25) is 9.79 Å². The summed E-state index contributed by atoms with van der Waals surface area (Å²) in [6.07, 6.45) is -3.70. The van der Waals surface area contributed by atoms with Crippen LogP contribution in [0.15, 0.2) is 22.7 Å². The number of rotatable bonds is 5. The Balaban J connectivity index is 0. The van der Waals surface area contributed by atoms with Crippen LogP contribution in [0.4, 0.5) is 17.6 Å². The van der Waals surface area contributed by atoms with Crippen molar-refractivity contribution in [1.29, 1.82) is 0 Å². The van der Waals surface area contributed by atoms with E-state index in [2.05, 4.69) is 10.3 Å². The maximum atomic E-state index is 14.2. The van der Waals surface area contributed by atoms with Crippen LogP contribution in [0, 0.1) is 19.7 Å². The van der Waals surface area contributed by atoms with Crippen LogP contribution >= 0.6 is 0 Å². The van der Waals surface area contributed by atoms with E-state index in [1.165, 1.54) is 13.8 Å². The third-order valence-electron chi connectivity index (χ3n) is 3.86. The molecule has 0 bridgehead atoms. The molecule has 0 aliphatic carbocycles. The van der Waals surface area contributed by atoms with Crippen LogP contribution in [0.25, 0.3) is 0 Å². The van der Waals surface area contributed by atoms with Gasteiger partial charge in [0, 0.05) is 25.7 Å². The first kappa shape index (κ1) is 29.0. The lowest BCUT2D eigenvalue weighted by molar-refractivity contribution is -0.117. The summed E-state index contributed by atoms with van der Waals surface area (Å²) in [4.78, 5) is 15.3. The highest BCUT2D eigenvalue weighted by molar-refractivity contribution is 6.23. The van der Waals surface area contributed by atoms with Crippen molar-refractivity contribution in [1.82, 2.24) is 5.32 Å². The van der Waals surface area contributed by atoms with Crippen LogP contribution in [-0.2, 0) is 17.9 Å². The average Bonchev–Trinajstić information content (AvgIpc) is 2.70. The summed E-state index contributed by atoms with van der Waals surface area (Å²) in [6, 6.07) is 1.56. The Morgan fingerprint density at radius 3 is 2.10 bits per heavy atom. The molecular formula is C21H33F4N3O. The molecule has 0 fully saturated rings. The Kier molecular flexibility index (Phi) is 13.9. The van der Waals surface area contributed by atoms with E-state index >= 15 is 0 Å². The van der Waals surface area contributed by atoms with Crippen LogP contribution in [0.2, 0.25) is 0 Å². The second kappa shape index (κ2) is 13.9. The monoisotopic (exact) mass is 419 g/mol. The number of allylic oxidation sites excluding steroid dienone is 1. The van der Waals surface area contributed by atoms with E-state index < -0.39 is 29.2 Å². The van der Waals surface area contributed by atoms with Gasteiger partial charge >= 0.3 is 6.18 Å². The summed E-state index contributed by atoms with van der Waals surface area (Å²) in [5.41, 5.74) is 5.48. The number of aryl methyl sites for hydroxylation is 1. The summed E-state index contributed by atoms with van der Waals surface area (Å²) < 4.78 is 53.0. The van der Waals surface area contributed by atoms with Crippen LogP contribution in [0.1, 0.15) is 56.9 Å². The fourth-order valence-corrected chi connectivity index (χ4v) is 2.54. The standard InChI is InChI=1S/C17H21F4N3O.2C2H6/c1-5-12(15(23-4)17(19,20)21)16(25)24-8-13-9(2)6-11(7-22)14(18)10(13)3;2*1-2/h5-6H,7-8,22H2,1-4H3,(H,24,25);2*1-2H3/b12-5+,23-15?;;. The quantitative estimate of drug-likeness (QED) is 0.394. The molecule has 166 valence electrons. The van der Waals surface area contributed by atoms with Crippen molar-refractivity contribution in [3.05, 3.63) is 45.8 Å². The normalized spacial score (nSPS) is 11.8. The van der Waals surface area contributed by atoms with Crippen molar-refractivity contribution in [2.24, 2.45) is 10.7 Å². The number of nitrogens with two attached hydrogens (primary N) is 1. The largest absolute Gasteiger partial charge is 0.433 e. The second-order valence-electron chi connectivity index (χ2n) is 5.43. The van der Waals surface area contributed by atoms with Crippen molar-refractivity contribution in [2.75, 3.05) is 7.05 Å². The van der Waals surface area contributed by atoms with E-state index in [4.69, 9.17) is 5.73 Å². The fraction of sp³-hybridized carbons (Fsp3) is 0.524. The third-order valence-corrected chi connectivity index (χ3v) is 3.86. The van der Waals surface area contributed by atoms with Gasteiger partial charge < -0.3 is 11.1 Å². The summed E-state index contributed by atoms with van der Waals surface area (Å²) in [5.74, 6) is -1.41. The maximum absolute atomic E-state index is 14.2. The maximum Gasteiger partial charge on any atom is 0.433 e. The molecule has 0 aliphatic rings. The van der Waals surface area contributed by atoms with E-state index in [9.17, 15) is 22.4 Å². The van der Waals surface area contributed by atoms with Crippen molar-refractivity contribution in [2.45, 2.75) is 67.7 Å². The molecule has 0 saturated carbocycles. The van der Waals surface area contributed by atoms with Gasteiger partial charge in [0.25, 0.3) is 5.91 Å². The Morgan fingerprint density at radius 1 is 1.21 bits per heavy atom. The van der Waals surface area contributed by atoms with Gasteiger partial charge in [-0.1, -0.05) is 39.8 Å². The van der Waals surface area contributed by atoms with Gasteiger partial charge in [0.05, 0.1) is 5.57 Å². The molecule has 0 unspecified atom stereocenters. The number of carbonyl (C=O) groups excluding carboxylic acids is 1. The highest BCUT2D eigenvalue weighted by atomic mass is 19.4. The zero-order valence-corrected chi connectivity index (χ0v) is 18.5. The number of hydrogen-bond acceptors (Lipinski definition) is 3. The molecule has 4 nitrogen and oxygen atoms in total. The number of halogens is 4. The van der Waals surface area contributed by atoms with Gasteiger partial charge in [-0.25, -0.2) is 4.39 Å². The minimum atomic E-state index is -4.74. The highest BCUT2D eigenvalue weighted by Crippen LogP contribution is 2.24. The molecule has 3 N–H and O–H groups in total. The van der Waals surface area contributed by atoms with Crippen LogP contribution in [0.5, 0.6) is 0 Å². The number of carbonyl (C=O) groups is 1. The lowest BCUT2D eigenvalue weighted by Gasteiger charge is -2.16. The first-order valence-corrected chi connectivity index (χ1v) is 9.54. The summed E-state index contributed by atoms with van der Waals surface area (Å²) >= 11 is 0. The van der Waals surface area contributed by atoms with E-state index in [-0.39, 0.29) is 13.1 Å². The molecule has 0 aromatic heterocycles. The predicted octanol–water partition coefficient (Wildman–Crippen LogP) is 5.15. The zero-order chi connectivity index (χ0) is 23.4. The summed E-state index contributed by atoms with van der Waals surface area (Å²) in [7, 11) is 0.967. The smallest absolute Gasteiger partial charge is 0.348 e. The Labute approximate surface area is 171 Å². The first-order chi connectivity index (χ1) is 13.6. The minimum Gasteiger partial charge on any atom is -0.348 e. The molecule has 1 aromatic carbocycles. The minimum absolute atomic E-state index is 0.0325. The molecule has 0 heterocycles. The Morgan fingerprint density at radius 2 is 1.72 bits per heavy atom. The van der Waals surface area contributed by atoms with Gasteiger partial charge in [0.1, 0.15) is 5.82 Å². The number of alkyl halides is 3.